The summed E-state index contributed by atoms with van der Waals surface area (Å²) in [7, 11) is 0. The molecule has 0 amide bonds. The molecule has 16 fully saturated rings. The maximum Gasteiger partial charge on any atom is 0.159 e. The smallest absolute Gasteiger partial charge is 0.159 e. The monoisotopic (exact) mass is 2050 g/mol. The van der Waals surface area contributed by atoms with Gasteiger partial charge in [-0.25, -0.2) is 22.5 Å². The number of fused-ring (bicyclic) bond motifs is 23. The van der Waals surface area contributed by atoms with E-state index in [0.717, 1.165) is 176 Å². The average molecular weight is 2050 g/mol. The van der Waals surface area contributed by atoms with Gasteiger partial charge in [0.2, 0.25) is 0 Å². The lowest BCUT2D eigenvalue weighted by Gasteiger charge is -2.63. The number of halogens is 4. The van der Waals surface area contributed by atoms with Gasteiger partial charge in [-0.15, -0.1) is 16.6 Å². The second-order valence-corrected chi connectivity index (χ2v) is 51.4. The number of hydrogen-bond donors (Lipinski definition) is 4. The molecule has 145 heavy (non-hydrogen) atoms. The summed E-state index contributed by atoms with van der Waals surface area (Å²) >= 11 is 3.44. The second-order valence-electron chi connectivity index (χ2n) is 50.8. The first-order chi connectivity index (χ1) is 67.7. The van der Waals surface area contributed by atoms with Crippen LogP contribution in [0.2, 0.25) is 0 Å². The van der Waals surface area contributed by atoms with Crippen molar-refractivity contribution in [3.05, 3.63) is 72.0 Å². The van der Waals surface area contributed by atoms with E-state index in [-0.39, 0.29) is 122 Å². The van der Waals surface area contributed by atoms with Crippen molar-refractivity contribution in [3.8, 4) is 59.7 Å². The Morgan fingerprint density at radius 3 is 1.03 bits per heavy atom. The quantitative estimate of drug-likeness (QED) is 0.0552. The molecule has 0 spiro atoms. The Kier molecular flexibility index (Phi) is 33.3. The maximum atomic E-state index is 13.8. The third-order valence-corrected chi connectivity index (χ3v) is 45.3. The molecule has 0 bridgehead atoms. The van der Waals surface area contributed by atoms with Crippen molar-refractivity contribution in [2.75, 3.05) is 5.33 Å². The van der Waals surface area contributed by atoms with Crippen LogP contribution in [-0.4, -0.2) is 116 Å². The number of aliphatic hydroxyl groups is 4. The number of alkyl halides is 1. The third-order valence-electron chi connectivity index (χ3n) is 44.7. The van der Waals surface area contributed by atoms with Gasteiger partial charge in [0, 0.05) is 41.9 Å². The number of nitrogens with zero attached hydrogens (tertiary/aromatic N) is 9. The van der Waals surface area contributed by atoms with Gasteiger partial charge in [-0.05, 0) is 513 Å². The summed E-state index contributed by atoms with van der Waals surface area (Å²) < 4.78 is 44.2. The van der Waals surface area contributed by atoms with Gasteiger partial charge < -0.3 is 20.4 Å². The summed E-state index contributed by atoms with van der Waals surface area (Å²) in [5.41, 5.74) is 3.63. The number of benzene rings is 3. The highest BCUT2D eigenvalue weighted by molar-refractivity contribution is 9.09. The number of carbonyl (C=O) groups is 4. The lowest BCUT2D eigenvalue weighted by molar-refractivity contribution is -0.158. The van der Waals surface area contributed by atoms with Gasteiger partial charge in [-0.2, -0.15) is 15.0 Å². The van der Waals surface area contributed by atoms with E-state index in [1.165, 1.54) is 163 Å². The van der Waals surface area contributed by atoms with Gasteiger partial charge in [-0.3, -0.25) is 19.2 Å². The fourth-order valence-corrected chi connectivity index (χ4v) is 38.5. The van der Waals surface area contributed by atoms with Crippen LogP contribution in [-0.2, 0) is 38.8 Å². The number of aromatic nitrogens is 9. The van der Waals surface area contributed by atoms with Crippen LogP contribution < -0.4 is 0 Å². The molecular weight excluding hydrogens is 1880 g/mol. The van der Waals surface area contributed by atoms with E-state index in [9.17, 15) is 52.8 Å². The first kappa shape index (κ1) is 112. The van der Waals surface area contributed by atoms with E-state index in [4.69, 9.17) is 6.42 Å². The minimum atomic E-state index is -0.501. The Morgan fingerprint density at radius 2 is 0.669 bits per heavy atom. The average Bonchev–Trinajstić information content (AvgIpc) is 1.68. The highest BCUT2D eigenvalue weighted by atomic mass is 79.9. The first-order valence-corrected chi connectivity index (χ1v) is 56.7. The Balaban J connectivity index is 0.000000140. The van der Waals surface area contributed by atoms with Crippen molar-refractivity contribution in [1.29, 1.82) is 0 Å². The molecule has 0 saturated heterocycles. The van der Waals surface area contributed by atoms with Crippen LogP contribution in [0.3, 0.4) is 0 Å². The highest BCUT2D eigenvalue weighted by Crippen LogP contribution is 2.75. The maximum absolute atomic E-state index is 13.8. The van der Waals surface area contributed by atoms with Crippen molar-refractivity contribution in [1.82, 2.24) is 45.0 Å². The van der Waals surface area contributed by atoms with Crippen molar-refractivity contribution in [2.45, 2.75) is 411 Å². The molecule has 16 aliphatic carbocycles. The van der Waals surface area contributed by atoms with E-state index in [0.29, 0.717) is 120 Å². The Morgan fingerprint density at radius 1 is 0.359 bits per heavy atom. The Hall–Kier alpha value is -7.55. The second kappa shape index (κ2) is 43.3. The number of Topliss-reactive ketones (excluding diaryl/α,β-unsaturated/α-hetero) is 4. The van der Waals surface area contributed by atoms with E-state index in [2.05, 4.69) is 162 Å². The minimum absolute atomic E-state index is 0. The summed E-state index contributed by atoms with van der Waals surface area (Å²) in [5, 5.41) is 69.1. The summed E-state index contributed by atoms with van der Waals surface area (Å²) in [4.78, 5) is 55.0. The lowest BCUT2D eigenvalue weighted by atomic mass is 9.42. The SMILES string of the molecule is C.C.C.C#CC#CC#CC#CC#CC.CC[C@]12CC[C@@](C)(O)C[C@H]1CC[C@H]1[C@@H]3CC[C@H](C(=O)CBr)[C@@]3(C)CC[C@@H]12.CC[C@]12CC[C@@](C)(O)C[C@H]1CC[C@H]1[C@@H]3CC[C@H](C(=O)Cn4nc5ccc(F)cc5n4)[C@@]3(C)CC[C@@H]12.CC[C@]12CC[C@@](C)(O)C[C@H]1CC[C@H]1[C@@H]3CC[C@H](C(=O)Cn4nnc5cc(F)ccc54)[C@@]3(C)CC[C@@H]12.CC[C@]12CC[C@@](C)(O)C[C@H]1CC[C@H]1[C@@H]3CC[C@H](C(=O)Cn4nnc5ccc(F)cc54)[C@@]3(C)CC[C@@H]12. The molecule has 32 atom stereocenters. The lowest BCUT2D eigenvalue weighted by Crippen LogP contribution is -2.56. The zero-order chi connectivity index (χ0) is 101. The van der Waals surface area contributed by atoms with Crippen LogP contribution in [0.1, 0.15) is 369 Å². The van der Waals surface area contributed by atoms with Gasteiger partial charge >= 0.3 is 0 Å². The van der Waals surface area contributed by atoms with Gasteiger partial charge in [0.15, 0.2) is 17.3 Å². The molecule has 4 N–H and O–H groups in total. The normalized spacial score (nSPS) is 41.0. The Bertz CT molecular complexity index is 6000. The molecule has 6 aromatic rings. The molecule has 3 heterocycles. The Labute approximate surface area is 874 Å². The first-order valence-electron chi connectivity index (χ1n) is 55.6. The van der Waals surface area contributed by atoms with Gasteiger partial charge in [0.05, 0.1) is 38.8 Å². The largest absolute Gasteiger partial charge is 0.390 e. The molecule has 22 rings (SSSR count). The molecular formula is C124H173BrF3N9O8. The fourth-order valence-electron chi connectivity index (χ4n) is 38.1. The summed E-state index contributed by atoms with van der Waals surface area (Å²) in [6.07, 6.45) is 50.5. The number of hydrogen-bond acceptors (Lipinski definition) is 14. The zero-order valence-corrected chi connectivity index (χ0v) is 89.0. The van der Waals surface area contributed by atoms with Crippen LogP contribution in [0.5, 0.6) is 0 Å². The van der Waals surface area contributed by atoms with Gasteiger partial charge in [-0.1, -0.05) is 110 Å². The van der Waals surface area contributed by atoms with Crippen LogP contribution >= 0.6 is 15.9 Å². The van der Waals surface area contributed by atoms with Crippen molar-refractivity contribution in [2.24, 2.45) is 162 Å². The zero-order valence-electron chi connectivity index (χ0n) is 87.4. The summed E-state index contributed by atoms with van der Waals surface area (Å²) in [6.45, 7) is 29.7. The minimum Gasteiger partial charge on any atom is -0.390 e. The number of terminal acetylenes is 1. The topological polar surface area (TPSA) is 241 Å². The van der Waals surface area contributed by atoms with E-state index in [1.807, 2.05) is 20.8 Å². The number of ketones is 4. The van der Waals surface area contributed by atoms with Crippen LogP contribution in [0.25, 0.3) is 33.1 Å². The van der Waals surface area contributed by atoms with Gasteiger partial charge in [0.25, 0.3) is 0 Å². The molecule has 3 aromatic heterocycles. The molecule has 21 heteroatoms. The van der Waals surface area contributed by atoms with E-state index in [1.54, 1.807) is 34.5 Å². The molecule has 3 aromatic carbocycles. The predicted molar refractivity (Wildman–Crippen MR) is 574 cm³/mol. The predicted octanol–water partition coefficient (Wildman–Crippen LogP) is 26.1. The van der Waals surface area contributed by atoms with Crippen molar-refractivity contribution >= 4 is 72.2 Å². The van der Waals surface area contributed by atoms with Crippen LogP contribution in [0.4, 0.5) is 13.2 Å². The number of carbonyl (C=O) groups excluding carboxylic acids is 4. The molecule has 0 unspecified atom stereocenters. The molecule has 790 valence electrons. The molecule has 16 aliphatic rings. The van der Waals surface area contributed by atoms with Crippen LogP contribution in [0.15, 0.2) is 54.6 Å². The molecule has 16 saturated carbocycles. The number of rotatable bonds is 15. The van der Waals surface area contributed by atoms with Crippen molar-refractivity contribution in [3.63, 3.8) is 0 Å². The third kappa shape index (κ3) is 20.4. The standard InChI is InChI=1S/3C29H40FN3O2.C23H37BrO2.C11H4.3CH4/c1-4-29-14-13-27(2,35)16-18(29)5-7-20-21-8-9-23(28(21,3)12-11-22(20)29)26(34)17-33-25-10-6-19(30)15-24(25)31-32-33;1-4-29-14-13-27(2,35)16-18(29)5-7-20-21-8-9-23(28(21,3)12-11-22(20)29)26(34)17-33-25-15-19(30)6-10-24(25)31-32-33;1-4-29-14-13-27(2,35)16-18(29)5-7-20-21-8-9-23(28(21,3)12-11-22(20)29)26(34)17-33-31-24-10-6-19(30)15-25(24)32-33;1-4-23-12-11-21(2,26)13-15(23)5-6-16-17-7-8-19(20(25)14-24)22(17,3)10-9-18(16)23;1-3-5-7-9-11-10-8-6-4-2;;;/h3*6,10,15,18,20-23,35H,4-5,7-9,11-14,16-17H2,1-3H3;15-19,26H,4-14H2,1-3H3;1H,2H3;3*1H4/t3*18-,20+,21+,22+,23-,27-,28+,29+;15-,16+,17+,18+,19-,21-,22+,23+;;;;/m1111..../s1. The summed E-state index contributed by atoms with van der Waals surface area (Å²) in [5.74, 6) is 33.8. The molecule has 0 aliphatic heterocycles. The summed E-state index contributed by atoms with van der Waals surface area (Å²) in [6, 6.07) is 13.3. The molecule has 17 nitrogen and oxygen atoms in total. The fraction of sp³-hybridized carbons (Fsp3) is 0.742. The highest BCUT2D eigenvalue weighted by Gasteiger charge is 2.69. The van der Waals surface area contributed by atoms with Crippen LogP contribution in [0, 0.1) is 239 Å². The molecule has 0 radical (unpaired) electrons. The van der Waals surface area contributed by atoms with E-state index >= 15 is 0 Å². The van der Waals surface area contributed by atoms with Crippen molar-refractivity contribution < 1.29 is 52.8 Å². The van der Waals surface area contributed by atoms with E-state index < -0.39 is 22.4 Å². The van der Waals surface area contributed by atoms with Gasteiger partial charge in [0.1, 0.15) is 64.9 Å².